The number of aromatic nitrogens is 2. The third kappa shape index (κ3) is 2.56. The first-order valence-corrected chi connectivity index (χ1v) is 7.15. The molecular weight excluding hydrogens is 332 g/mol. The maximum Gasteiger partial charge on any atom is 0.162 e. The van der Waals surface area contributed by atoms with Crippen LogP contribution in [0.25, 0.3) is 22.2 Å². The Morgan fingerprint density at radius 2 is 1.71 bits per heavy atom. The maximum atomic E-state index is 5.37. The Labute approximate surface area is 130 Å². The molecule has 5 heteroatoms. The standard InChI is InChI=1S/C16H13BrN2O2/c1-20-14-7-12-13(8-15(14)21-2)18-9-19-16(12)10-4-3-5-11(17)6-10/h3-9H,1-2H3. The Morgan fingerprint density at radius 1 is 0.952 bits per heavy atom. The van der Waals surface area contributed by atoms with Gasteiger partial charge in [0.1, 0.15) is 6.33 Å². The van der Waals surface area contributed by atoms with Crippen LogP contribution in [0.15, 0.2) is 47.2 Å². The molecule has 3 rings (SSSR count). The second-order valence-corrected chi connectivity index (χ2v) is 5.37. The van der Waals surface area contributed by atoms with Crippen LogP contribution < -0.4 is 9.47 Å². The SMILES string of the molecule is COc1cc2ncnc(-c3cccc(Br)c3)c2cc1OC. The van der Waals surface area contributed by atoms with Gasteiger partial charge in [0.25, 0.3) is 0 Å². The molecule has 1 heterocycles. The molecule has 0 unspecified atom stereocenters. The van der Waals surface area contributed by atoms with Crippen LogP contribution in [0.2, 0.25) is 0 Å². The zero-order valence-electron chi connectivity index (χ0n) is 11.6. The molecule has 0 fully saturated rings. The summed E-state index contributed by atoms with van der Waals surface area (Å²) in [5, 5.41) is 0.924. The molecule has 106 valence electrons. The number of ether oxygens (including phenoxy) is 2. The Bertz CT molecular complexity index is 805. The number of fused-ring (bicyclic) bond motifs is 1. The van der Waals surface area contributed by atoms with E-state index < -0.39 is 0 Å². The second-order valence-electron chi connectivity index (χ2n) is 4.46. The average Bonchev–Trinajstić information content (AvgIpc) is 2.52. The van der Waals surface area contributed by atoms with Gasteiger partial charge < -0.3 is 9.47 Å². The fraction of sp³-hybridized carbons (Fsp3) is 0.125. The van der Waals surface area contributed by atoms with Crippen LogP contribution in [0.1, 0.15) is 0 Å². The summed E-state index contributed by atoms with van der Waals surface area (Å²) in [5.41, 5.74) is 2.70. The molecule has 0 saturated heterocycles. The van der Waals surface area contributed by atoms with Gasteiger partial charge in [-0.05, 0) is 18.2 Å². The molecule has 0 aliphatic carbocycles. The summed E-state index contributed by atoms with van der Waals surface area (Å²) in [5.74, 6) is 1.32. The Balaban J connectivity index is 2.28. The lowest BCUT2D eigenvalue weighted by molar-refractivity contribution is 0.356. The molecule has 3 aromatic rings. The molecular formula is C16H13BrN2O2. The lowest BCUT2D eigenvalue weighted by Crippen LogP contribution is -1.94. The highest BCUT2D eigenvalue weighted by Crippen LogP contribution is 2.35. The van der Waals surface area contributed by atoms with Crippen LogP contribution in [0, 0.1) is 0 Å². The quantitative estimate of drug-likeness (QED) is 0.718. The van der Waals surface area contributed by atoms with Crippen molar-refractivity contribution in [3.05, 3.63) is 47.2 Å². The minimum Gasteiger partial charge on any atom is -0.493 e. The predicted octanol–water partition coefficient (Wildman–Crippen LogP) is 4.08. The monoisotopic (exact) mass is 344 g/mol. The third-order valence-electron chi connectivity index (χ3n) is 3.24. The van der Waals surface area contributed by atoms with Gasteiger partial charge in [-0.25, -0.2) is 9.97 Å². The number of benzene rings is 2. The van der Waals surface area contributed by atoms with Crippen molar-refractivity contribution >= 4 is 26.8 Å². The minimum atomic E-state index is 0.656. The molecule has 0 spiro atoms. The predicted molar refractivity (Wildman–Crippen MR) is 85.8 cm³/mol. The Hall–Kier alpha value is -2.14. The van der Waals surface area contributed by atoms with Gasteiger partial charge in [-0.1, -0.05) is 28.1 Å². The van der Waals surface area contributed by atoms with Crippen LogP contribution in [0.3, 0.4) is 0 Å². The Morgan fingerprint density at radius 3 is 2.43 bits per heavy atom. The van der Waals surface area contributed by atoms with Gasteiger partial charge in [0.2, 0.25) is 0 Å². The first kappa shape index (κ1) is 13.8. The minimum absolute atomic E-state index is 0.656. The molecule has 1 aromatic heterocycles. The van der Waals surface area contributed by atoms with Crippen molar-refractivity contribution in [1.29, 1.82) is 0 Å². The van der Waals surface area contributed by atoms with E-state index in [1.165, 1.54) is 0 Å². The summed E-state index contributed by atoms with van der Waals surface area (Å²) in [4.78, 5) is 8.74. The van der Waals surface area contributed by atoms with Crippen molar-refractivity contribution in [2.75, 3.05) is 14.2 Å². The normalized spacial score (nSPS) is 10.6. The van der Waals surface area contributed by atoms with E-state index in [1.807, 2.05) is 36.4 Å². The molecule has 4 nitrogen and oxygen atoms in total. The summed E-state index contributed by atoms with van der Waals surface area (Å²) in [6, 6.07) is 11.8. The van der Waals surface area contributed by atoms with Crippen LogP contribution in [0.4, 0.5) is 0 Å². The summed E-state index contributed by atoms with van der Waals surface area (Å²) < 4.78 is 11.7. The maximum absolute atomic E-state index is 5.37. The van der Waals surface area contributed by atoms with Crippen molar-refractivity contribution in [3.63, 3.8) is 0 Å². The van der Waals surface area contributed by atoms with E-state index >= 15 is 0 Å². The van der Waals surface area contributed by atoms with E-state index in [0.29, 0.717) is 11.5 Å². The number of nitrogens with zero attached hydrogens (tertiary/aromatic N) is 2. The number of methoxy groups -OCH3 is 2. The number of hydrogen-bond acceptors (Lipinski definition) is 4. The molecule has 0 saturated carbocycles. The summed E-state index contributed by atoms with van der Waals surface area (Å²) in [7, 11) is 3.23. The van der Waals surface area contributed by atoms with Crippen LogP contribution in [0.5, 0.6) is 11.5 Å². The second kappa shape index (κ2) is 5.69. The first-order valence-electron chi connectivity index (χ1n) is 6.35. The summed E-state index contributed by atoms with van der Waals surface area (Å²) >= 11 is 3.49. The first-order chi connectivity index (χ1) is 10.2. The van der Waals surface area contributed by atoms with Gasteiger partial charge in [-0.15, -0.1) is 0 Å². The lowest BCUT2D eigenvalue weighted by Gasteiger charge is -2.11. The Kier molecular flexibility index (Phi) is 3.75. The van der Waals surface area contributed by atoms with Crippen LogP contribution in [-0.2, 0) is 0 Å². The van der Waals surface area contributed by atoms with E-state index in [0.717, 1.165) is 26.6 Å². The molecule has 0 N–H and O–H groups in total. The molecule has 0 amide bonds. The van der Waals surface area contributed by atoms with Crippen molar-refractivity contribution in [1.82, 2.24) is 9.97 Å². The molecule has 0 bridgehead atoms. The zero-order valence-corrected chi connectivity index (χ0v) is 13.2. The third-order valence-corrected chi connectivity index (χ3v) is 3.73. The highest BCUT2D eigenvalue weighted by atomic mass is 79.9. The van der Waals surface area contributed by atoms with Crippen LogP contribution in [-0.4, -0.2) is 24.2 Å². The smallest absolute Gasteiger partial charge is 0.162 e. The molecule has 0 aliphatic heterocycles. The topological polar surface area (TPSA) is 44.2 Å². The van der Waals surface area contributed by atoms with Gasteiger partial charge in [0, 0.05) is 21.5 Å². The van der Waals surface area contributed by atoms with Gasteiger partial charge in [-0.2, -0.15) is 0 Å². The highest BCUT2D eigenvalue weighted by molar-refractivity contribution is 9.10. The number of halogens is 1. The lowest BCUT2D eigenvalue weighted by atomic mass is 10.1. The number of hydrogen-bond donors (Lipinski definition) is 0. The van der Waals surface area contributed by atoms with Crippen molar-refractivity contribution in [3.8, 4) is 22.8 Å². The van der Waals surface area contributed by atoms with Crippen LogP contribution >= 0.6 is 15.9 Å². The van der Waals surface area contributed by atoms with Crippen molar-refractivity contribution in [2.45, 2.75) is 0 Å². The highest BCUT2D eigenvalue weighted by Gasteiger charge is 2.12. The fourth-order valence-corrected chi connectivity index (χ4v) is 2.65. The molecule has 0 aliphatic rings. The average molecular weight is 345 g/mol. The molecule has 21 heavy (non-hydrogen) atoms. The van der Waals surface area contributed by atoms with E-state index in [4.69, 9.17) is 9.47 Å². The summed E-state index contributed by atoms with van der Waals surface area (Å²) in [6.45, 7) is 0. The van der Waals surface area contributed by atoms with Gasteiger partial charge in [0.15, 0.2) is 11.5 Å². The zero-order chi connectivity index (χ0) is 14.8. The molecule has 2 aromatic carbocycles. The van der Waals surface area contributed by atoms with E-state index in [2.05, 4.69) is 25.9 Å². The van der Waals surface area contributed by atoms with Gasteiger partial charge >= 0.3 is 0 Å². The van der Waals surface area contributed by atoms with E-state index in [-0.39, 0.29) is 0 Å². The van der Waals surface area contributed by atoms with Crippen molar-refractivity contribution in [2.24, 2.45) is 0 Å². The molecule has 0 atom stereocenters. The van der Waals surface area contributed by atoms with Gasteiger partial charge in [0.05, 0.1) is 25.4 Å². The largest absolute Gasteiger partial charge is 0.493 e. The van der Waals surface area contributed by atoms with Gasteiger partial charge in [-0.3, -0.25) is 0 Å². The van der Waals surface area contributed by atoms with E-state index in [9.17, 15) is 0 Å². The summed E-state index contributed by atoms with van der Waals surface area (Å²) in [6.07, 6.45) is 1.56. The number of rotatable bonds is 3. The molecule has 0 radical (unpaired) electrons. The van der Waals surface area contributed by atoms with E-state index in [1.54, 1.807) is 20.5 Å². The van der Waals surface area contributed by atoms with Crippen molar-refractivity contribution < 1.29 is 9.47 Å². The fourth-order valence-electron chi connectivity index (χ4n) is 2.25.